The van der Waals surface area contributed by atoms with Crippen LogP contribution in [-0.4, -0.2) is 76.0 Å². The molecule has 2 aromatic rings. The smallest absolute Gasteiger partial charge is 0.252 e. The molecule has 0 radical (unpaired) electrons. The van der Waals surface area contributed by atoms with E-state index in [1.807, 2.05) is 42.2 Å². The van der Waals surface area contributed by atoms with Crippen LogP contribution in [0.1, 0.15) is 23.5 Å². The summed E-state index contributed by atoms with van der Waals surface area (Å²) in [6.07, 6.45) is -0.249. The number of para-hydroxylation sites is 1. The Labute approximate surface area is 181 Å². The monoisotopic (exact) mass is 425 g/mol. The molecular formula is C23H27N3O5. The number of ether oxygens (including phenoxy) is 1. The van der Waals surface area contributed by atoms with Crippen molar-refractivity contribution in [1.82, 2.24) is 14.7 Å². The lowest BCUT2D eigenvalue weighted by Crippen LogP contribution is -2.81. The van der Waals surface area contributed by atoms with Crippen LogP contribution in [-0.2, 0) is 22.7 Å². The Morgan fingerprint density at radius 3 is 2.65 bits per heavy atom. The van der Waals surface area contributed by atoms with Crippen molar-refractivity contribution in [3.05, 3.63) is 53.5 Å². The second-order valence-corrected chi connectivity index (χ2v) is 8.79. The molecular weight excluding hydrogens is 398 g/mol. The zero-order valence-electron chi connectivity index (χ0n) is 17.8. The molecule has 3 aliphatic heterocycles. The summed E-state index contributed by atoms with van der Waals surface area (Å²) in [4.78, 5) is 32.2. The molecule has 5 rings (SSSR count). The van der Waals surface area contributed by atoms with Crippen LogP contribution in [0.3, 0.4) is 0 Å². The van der Waals surface area contributed by atoms with Crippen molar-refractivity contribution in [2.24, 2.45) is 0 Å². The van der Waals surface area contributed by atoms with Gasteiger partial charge in [-0.3, -0.25) is 24.3 Å². The second-order valence-electron chi connectivity index (χ2n) is 8.79. The van der Waals surface area contributed by atoms with Gasteiger partial charge >= 0.3 is 0 Å². The lowest BCUT2D eigenvalue weighted by molar-refractivity contribution is -0.181. The molecule has 0 saturated carbocycles. The maximum Gasteiger partial charge on any atom is 0.252 e. The number of carbonyl (C=O) groups is 2. The summed E-state index contributed by atoms with van der Waals surface area (Å²) in [5.74, 6) is 1.70. The third-order valence-electron chi connectivity index (χ3n) is 6.69. The van der Waals surface area contributed by atoms with Crippen LogP contribution in [0.25, 0.3) is 0 Å². The van der Waals surface area contributed by atoms with Crippen molar-refractivity contribution in [2.45, 2.75) is 44.1 Å². The first-order valence-electron chi connectivity index (χ1n) is 10.6. The highest BCUT2D eigenvalue weighted by atomic mass is 16.5. The van der Waals surface area contributed by atoms with Gasteiger partial charge in [0, 0.05) is 31.7 Å². The zero-order chi connectivity index (χ0) is 21.8. The van der Waals surface area contributed by atoms with Crippen molar-refractivity contribution in [2.75, 3.05) is 26.7 Å². The van der Waals surface area contributed by atoms with Gasteiger partial charge in [0.05, 0.1) is 25.8 Å². The first-order valence-corrected chi connectivity index (χ1v) is 10.6. The van der Waals surface area contributed by atoms with Gasteiger partial charge in [-0.25, -0.2) is 0 Å². The molecule has 2 unspecified atom stereocenters. The minimum atomic E-state index is -0.792. The number of furan rings is 1. The number of likely N-dealkylation sites (tertiary alicyclic amines) is 1. The summed E-state index contributed by atoms with van der Waals surface area (Å²) in [7, 11) is 1.65. The number of hydrogen-bond acceptors (Lipinski definition) is 7. The summed E-state index contributed by atoms with van der Waals surface area (Å²) < 4.78 is 11.1. The third-order valence-corrected chi connectivity index (χ3v) is 6.69. The van der Waals surface area contributed by atoms with Gasteiger partial charge in [-0.15, -0.1) is 0 Å². The SMILES string of the molecule is COc1ccccc1CN1CC2(C1)C(=O)N(Cc1ccc(C)o1)C(=O)C1CC(O)CN12. The molecule has 8 heteroatoms. The van der Waals surface area contributed by atoms with Gasteiger partial charge in [0.25, 0.3) is 5.91 Å². The zero-order valence-corrected chi connectivity index (χ0v) is 17.8. The van der Waals surface area contributed by atoms with Gasteiger partial charge in [-0.2, -0.15) is 0 Å². The number of amides is 2. The molecule has 3 saturated heterocycles. The van der Waals surface area contributed by atoms with Crippen LogP contribution >= 0.6 is 0 Å². The van der Waals surface area contributed by atoms with Crippen LogP contribution < -0.4 is 4.74 Å². The van der Waals surface area contributed by atoms with E-state index in [1.54, 1.807) is 13.2 Å². The highest BCUT2D eigenvalue weighted by Gasteiger charge is 2.64. The fourth-order valence-electron chi connectivity index (χ4n) is 5.25. The number of methoxy groups -OCH3 is 1. The Balaban J connectivity index is 1.39. The molecule has 3 fully saturated rings. The topological polar surface area (TPSA) is 86.5 Å². The van der Waals surface area contributed by atoms with Crippen molar-refractivity contribution < 1.29 is 23.8 Å². The Bertz CT molecular complexity index is 1010. The number of hydrogen-bond donors (Lipinski definition) is 1. The standard InChI is InChI=1S/C23H27N3O5/c1-15-7-8-18(31-15)12-25-21(28)19-9-17(27)11-26(19)23(22(25)29)13-24(14-23)10-16-5-3-4-6-20(16)30-2/h3-8,17,19,27H,9-14H2,1-2H3. The van der Waals surface area contributed by atoms with Gasteiger partial charge in [-0.1, -0.05) is 18.2 Å². The van der Waals surface area contributed by atoms with Crippen LogP contribution in [0.2, 0.25) is 0 Å². The highest BCUT2D eigenvalue weighted by molar-refractivity contribution is 6.06. The molecule has 4 heterocycles. The summed E-state index contributed by atoms with van der Waals surface area (Å²) in [5, 5.41) is 10.3. The Kier molecular flexibility index (Phi) is 4.88. The van der Waals surface area contributed by atoms with Gasteiger partial charge in [0.2, 0.25) is 5.91 Å². The van der Waals surface area contributed by atoms with Crippen molar-refractivity contribution in [3.63, 3.8) is 0 Å². The lowest BCUT2D eigenvalue weighted by atomic mass is 9.82. The first kappa shape index (κ1) is 20.2. The van der Waals surface area contributed by atoms with Crippen LogP contribution in [0.5, 0.6) is 5.75 Å². The summed E-state index contributed by atoms with van der Waals surface area (Å²) in [5.41, 5.74) is 0.264. The van der Waals surface area contributed by atoms with Crippen LogP contribution in [0.15, 0.2) is 40.8 Å². The fourth-order valence-corrected chi connectivity index (χ4v) is 5.25. The molecule has 1 N–H and O–H groups in total. The van der Waals surface area contributed by atoms with Crippen molar-refractivity contribution in [3.8, 4) is 5.75 Å². The molecule has 31 heavy (non-hydrogen) atoms. The minimum Gasteiger partial charge on any atom is -0.496 e. The summed E-state index contributed by atoms with van der Waals surface area (Å²) in [6, 6.07) is 11.0. The number of aryl methyl sites for hydroxylation is 1. The molecule has 8 nitrogen and oxygen atoms in total. The number of aliphatic hydroxyl groups is 1. The molecule has 2 amide bonds. The van der Waals surface area contributed by atoms with Gasteiger partial charge in [0.15, 0.2) is 0 Å². The number of nitrogens with zero attached hydrogens (tertiary/aromatic N) is 3. The number of β-amino-alcohol motifs (C(OH)–C–C–N with tert-alkyl or cyclic N) is 1. The van der Waals surface area contributed by atoms with E-state index >= 15 is 0 Å². The molecule has 164 valence electrons. The molecule has 1 spiro atoms. The average molecular weight is 425 g/mol. The molecule has 2 atom stereocenters. The van der Waals surface area contributed by atoms with E-state index in [4.69, 9.17) is 9.15 Å². The average Bonchev–Trinajstić information content (AvgIpc) is 3.32. The predicted octanol–water partition coefficient (Wildman–Crippen LogP) is 1.16. The van der Waals surface area contributed by atoms with E-state index in [0.717, 1.165) is 17.1 Å². The van der Waals surface area contributed by atoms with Gasteiger partial charge in [-0.05, 0) is 31.5 Å². The fraction of sp³-hybridized carbons (Fsp3) is 0.478. The molecule has 0 bridgehead atoms. The number of imide groups is 1. The van der Waals surface area contributed by atoms with Crippen LogP contribution in [0.4, 0.5) is 0 Å². The van der Waals surface area contributed by atoms with E-state index in [-0.39, 0.29) is 18.4 Å². The number of piperazine rings is 1. The Hall–Kier alpha value is -2.68. The first-order chi connectivity index (χ1) is 14.9. The number of benzene rings is 1. The summed E-state index contributed by atoms with van der Waals surface area (Å²) >= 11 is 0. The quantitative estimate of drug-likeness (QED) is 0.720. The van der Waals surface area contributed by atoms with E-state index in [2.05, 4.69) is 4.90 Å². The molecule has 1 aromatic heterocycles. The second kappa shape index (κ2) is 7.47. The summed E-state index contributed by atoms with van der Waals surface area (Å²) in [6.45, 7) is 3.98. The van der Waals surface area contributed by atoms with Gasteiger partial charge in [0.1, 0.15) is 22.8 Å². The molecule has 1 aromatic carbocycles. The lowest BCUT2D eigenvalue weighted by Gasteiger charge is -2.58. The Morgan fingerprint density at radius 2 is 1.94 bits per heavy atom. The van der Waals surface area contributed by atoms with E-state index in [9.17, 15) is 14.7 Å². The number of aliphatic hydroxyl groups excluding tert-OH is 1. The van der Waals surface area contributed by atoms with E-state index in [1.165, 1.54) is 4.90 Å². The van der Waals surface area contributed by atoms with Crippen molar-refractivity contribution >= 4 is 11.8 Å². The normalized spacial score (nSPS) is 25.7. The van der Waals surface area contributed by atoms with Crippen LogP contribution in [0, 0.1) is 6.92 Å². The minimum absolute atomic E-state index is 0.125. The van der Waals surface area contributed by atoms with Gasteiger partial charge < -0.3 is 14.3 Å². The van der Waals surface area contributed by atoms with E-state index in [0.29, 0.717) is 38.4 Å². The maximum absolute atomic E-state index is 13.6. The van der Waals surface area contributed by atoms with Crippen molar-refractivity contribution in [1.29, 1.82) is 0 Å². The maximum atomic E-state index is 13.6. The van der Waals surface area contributed by atoms with E-state index < -0.39 is 17.7 Å². The highest BCUT2D eigenvalue weighted by Crippen LogP contribution is 2.41. The molecule has 0 aliphatic carbocycles. The Morgan fingerprint density at radius 1 is 1.16 bits per heavy atom. The third kappa shape index (κ3) is 3.26. The number of carbonyl (C=O) groups excluding carboxylic acids is 2. The largest absolute Gasteiger partial charge is 0.496 e. The number of rotatable bonds is 5. The molecule has 3 aliphatic rings. The number of fused-ring (bicyclic) bond motifs is 2. The predicted molar refractivity (Wildman–Crippen MR) is 111 cm³/mol.